The average Bonchev–Trinajstić information content (AvgIpc) is 3.00. The number of amides is 2. The summed E-state index contributed by atoms with van der Waals surface area (Å²) in [6.45, 7) is 5.20. The van der Waals surface area contributed by atoms with Gasteiger partial charge in [0.05, 0.1) is 24.8 Å². The second-order valence-electron chi connectivity index (χ2n) is 9.68. The molecule has 9 nitrogen and oxygen atoms in total. The Kier molecular flexibility index (Phi) is 11.2. The number of para-hydroxylation sites is 2. The highest BCUT2D eigenvalue weighted by molar-refractivity contribution is 7.92. The number of methoxy groups -OCH3 is 2. The van der Waals surface area contributed by atoms with E-state index in [4.69, 9.17) is 9.47 Å². The predicted octanol–water partition coefficient (Wildman–Crippen LogP) is 4.27. The van der Waals surface area contributed by atoms with E-state index in [1.54, 1.807) is 43.3 Å². The van der Waals surface area contributed by atoms with Gasteiger partial charge in [-0.3, -0.25) is 13.9 Å². The van der Waals surface area contributed by atoms with E-state index >= 15 is 0 Å². The molecule has 3 aromatic carbocycles. The summed E-state index contributed by atoms with van der Waals surface area (Å²) < 4.78 is 39.7. The van der Waals surface area contributed by atoms with Crippen molar-refractivity contribution in [3.63, 3.8) is 0 Å². The van der Waals surface area contributed by atoms with Crippen molar-refractivity contribution in [1.82, 2.24) is 10.2 Å². The first-order chi connectivity index (χ1) is 19.6. The molecule has 2 amide bonds. The van der Waals surface area contributed by atoms with Crippen LogP contribution in [0.5, 0.6) is 11.5 Å². The van der Waals surface area contributed by atoms with Gasteiger partial charge in [0.25, 0.3) is 10.0 Å². The third-order valence-corrected chi connectivity index (χ3v) is 8.71. The van der Waals surface area contributed by atoms with Gasteiger partial charge in [0, 0.05) is 12.6 Å². The van der Waals surface area contributed by atoms with E-state index in [0.717, 1.165) is 16.3 Å². The second-order valence-corrected chi connectivity index (χ2v) is 11.5. The Hall–Kier alpha value is -4.05. The summed E-state index contributed by atoms with van der Waals surface area (Å²) >= 11 is 0. The third kappa shape index (κ3) is 8.00. The third-order valence-electron chi connectivity index (χ3n) is 6.93. The van der Waals surface area contributed by atoms with E-state index in [1.807, 2.05) is 44.2 Å². The summed E-state index contributed by atoms with van der Waals surface area (Å²) in [5, 5.41) is 2.94. The number of sulfonamides is 1. The number of hydrogen-bond acceptors (Lipinski definition) is 6. The molecular formula is C31H39N3O6S. The summed E-state index contributed by atoms with van der Waals surface area (Å²) in [5.74, 6) is -0.0359. The van der Waals surface area contributed by atoms with Crippen molar-refractivity contribution in [2.75, 3.05) is 31.6 Å². The lowest BCUT2D eigenvalue weighted by atomic mass is 10.1. The van der Waals surface area contributed by atoms with Gasteiger partial charge in [0.2, 0.25) is 11.8 Å². The minimum Gasteiger partial charge on any atom is -0.497 e. The molecule has 0 heterocycles. The first-order valence-corrected chi connectivity index (χ1v) is 15.0. The number of carbonyl (C=O) groups is 2. The Morgan fingerprint density at radius 2 is 1.51 bits per heavy atom. The highest BCUT2D eigenvalue weighted by Gasteiger charge is 2.33. The lowest BCUT2D eigenvalue weighted by Crippen LogP contribution is -2.53. The van der Waals surface area contributed by atoms with Gasteiger partial charge in [0.1, 0.15) is 24.1 Å². The van der Waals surface area contributed by atoms with Crippen molar-refractivity contribution in [2.45, 2.75) is 50.6 Å². The van der Waals surface area contributed by atoms with Crippen molar-refractivity contribution >= 4 is 27.5 Å². The van der Waals surface area contributed by atoms with Crippen LogP contribution >= 0.6 is 0 Å². The minimum absolute atomic E-state index is 0.0181. The number of rotatable bonds is 14. The average molecular weight is 582 g/mol. The number of hydrogen-bond donors (Lipinski definition) is 1. The number of anilines is 1. The highest BCUT2D eigenvalue weighted by atomic mass is 32.2. The standard InChI is InChI=1S/C31H39N3O6S/c1-6-23(2)32-31(36)24(3)33(21-20-25-12-8-7-9-13-25)30(35)22-34(28-14-10-11-15-29(28)40-5)41(37,38)27-18-16-26(39-4)17-19-27/h7-19,23-24H,6,20-22H2,1-5H3,(H,32,36)/t23-,24+/m0/s1. The monoisotopic (exact) mass is 581 g/mol. The number of benzene rings is 3. The molecule has 0 spiro atoms. The first-order valence-electron chi connectivity index (χ1n) is 13.6. The Bertz CT molecular complexity index is 1400. The molecule has 0 aromatic heterocycles. The van der Waals surface area contributed by atoms with Crippen LogP contribution in [0.25, 0.3) is 0 Å². The molecule has 1 N–H and O–H groups in total. The maximum Gasteiger partial charge on any atom is 0.264 e. The molecule has 220 valence electrons. The lowest BCUT2D eigenvalue weighted by molar-refractivity contribution is -0.139. The van der Waals surface area contributed by atoms with E-state index in [0.29, 0.717) is 12.2 Å². The molecule has 3 aromatic rings. The molecule has 0 aliphatic heterocycles. The molecular weight excluding hydrogens is 542 g/mol. The van der Waals surface area contributed by atoms with Gasteiger partial charge in [-0.2, -0.15) is 0 Å². The van der Waals surface area contributed by atoms with E-state index in [2.05, 4.69) is 5.32 Å². The van der Waals surface area contributed by atoms with Gasteiger partial charge in [-0.1, -0.05) is 49.4 Å². The van der Waals surface area contributed by atoms with E-state index in [1.165, 1.54) is 31.3 Å². The maximum absolute atomic E-state index is 14.0. The van der Waals surface area contributed by atoms with Gasteiger partial charge in [-0.25, -0.2) is 8.42 Å². The van der Waals surface area contributed by atoms with Crippen LogP contribution in [0.4, 0.5) is 5.69 Å². The fourth-order valence-corrected chi connectivity index (χ4v) is 5.68. The van der Waals surface area contributed by atoms with Crippen molar-refractivity contribution in [1.29, 1.82) is 0 Å². The Morgan fingerprint density at radius 3 is 2.12 bits per heavy atom. The van der Waals surface area contributed by atoms with Gasteiger partial charge in [-0.05, 0) is 68.7 Å². The van der Waals surface area contributed by atoms with Crippen LogP contribution in [-0.4, -0.2) is 64.5 Å². The maximum atomic E-state index is 14.0. The van der Waals surface area contributed by atoms with Crippen LogP contribution in [-0.2, 0) is 26.0 Å². The molecule has 10 heteroatoms. The van der Waals surface area contributed by atoms with Crippen LogP contribution in [0.1, 0.15) is 32.8 Å². The summed E-state index contributed by atoms with van der Waals surface area (Å²) in [4.78, 5) is 28.6. The topological polar surface area (TPSA) is 105 Å². The van der Waals surface area contributed by atoms with Gasteiger partial charge in [0.15, 0.2) is 0 Å². The molecule has 0 aliphatic rings. The smallest absolute Gasteiger partial charge is 0.264 e. The molecule has 41 heavy (non-hydrogen) atoms. The highest BCUT2D eigenvalue weighted by Crippen LogP contribution is 2.33. The zero-order valence-corrected chi connectivity index (χ0v) is 25.1. The number of carbonyl (C=O) groups excluding carboxylic acids is 2. The van der Waals surface area contributed by atoms with Crippen molar-refractivity contribution in [2.24, 2.45) is 0 Å². The van der Waals surface area contributed by atoms with Crippen LogP contribution < -0.4 is 19.1 Å². The predicted molar refractivity (Wildman–Crippen MR) is 160 cm³/mol. The van der Waals surface area contributed by atoms with Crippen LogP contribution in [0, 0.1) is 0 Å². The number of ether oxygens (including phenoxy) is 2. The molecule has 2 atom stereocenters. The summed E-state index contributed by atoms with van der Waals surface area (Å²) in [6.07, 6.45) is 1.23. The zero-order valence-electron chi connectivity index (χ0n) is 24.2. The SMILES string of the molecule is CC[C@H](C)NC(=O)[C@@H](C)N(CCc1ccccc1)C(=O)CN(c1ccccc1OC)S(=O)(=O)c1ccc(OC)cc1. The summed E-state index contributed by atoms with van der Waals surface area (Å²) in [6, 6.07) is 21.3. The van der Waals surface area contributed by atoms with E-state index < -0.39 is 28.5 Å². The van der Waals surface area contributed by atoms with Crippen LogP contribution in [0.15, 0.2) is 83.8 Å². The molecule has 0 unspecified atom stereocenters. The molecule has 0 saturated carbocycles. The van der Waals surface area contributed by atoms with Crippen molar-refractivity contribution in [3.8, 4) is 11.5 Å². The molecule has 0 aliphatic carbocycles. The minimum atomic E-state index is -4.23. The van der Waals surface area contributed by atoms with Crippen LogP contribution in [0.3, 0.4) is 0 Å². The van der Waals surface area contributed by atoms with Gasteiger partial charge in [-0.15, -0.1) is 0 Å². The van der Waals surface area contributed by atoms with Crippen molar-refractivity contribution in [3.05, 3.63) is 84.4 Å². The molecule has 0 saturated heterocycles. The molecule has 0 fully saturated rings. The largest absolute Gasteiger partial charge is 0.497 e. The Balaban J connectivity index is 2.01. The quantitative estimate of drug-likeness (QED) is 0.305. The molecule has 0 radical (unpaired) electrons. The second kappa shape index (κ2) is 14.5. The number of nitrogens with zero attached hydrogens (tertiary/aromatic N) is 2. The lowest BCUT2D eigenvalue weighted by Gasteiger charge is -2.32. The fourth-order valence-electron chi connectivity index (χ4n) is 4.26. The molecule has 3 rings (SSSR count). The van der Waals surface area contributed by atoms with E-state index in [9.17, 15) is 18.0 Å². The normalized spacial score (nSPS) is 12.6. The summed E-state index contributed by atoms with van der Waals surface area (Å²) in [7, 11) is -1.30. The molecule has 0 bridgehead atoms. The van der Waals surface area contributed by atoms with E-state index in [-0.39, 0.29) is 34.8 Å². The van der Waals surface area contributed by atoms with Gasteiger partial charge >= 0.3 is 0 Å². The summed E-state index contributed by atoms with van der Waals surface area (Å²) in [5.41, 5.74) is 1.20. The Morgan fingerprint density at radius 1 is 0.878 bits per heavy atom. The fraction of sp³-hybridized carbons (Fsp3) is 0.355. The van der Waals surface area contributed by atoms with Gasteiger partial charge < -0.3 is 19.7 Å². The number of nitrogens with one attached hydrogen (secondary N) is 1. The Labute approximate surface area is 243 Å². The zero-order chi connectivity index (χ0) is 30.0. The van der Waals surface area contributed by atoms with Crippen LogP contribution in [0.2, 0.25) is 0 Å². The first kappa shape index (κ1) is 31.5. The van der Waals surface area contributed by atoms with Crippen molar-refractivity contribution < 1.29 is 27.5 Å².